The van der Waals surface area contributed by atoms with Gasteiger partial charge in [0.05, 0.1) is 6.10 Å². The lowest BCUT2D eigenvalue weighted by Gasteiger charge is -2.02. The van der Waals surface area contributed by atoms with Crippen molar-refractivity contribution in [3.05, 3.63) is 0 Å². The van der Waals surface area contributed by atoms with Gasteiger partial charge >= 0.3 is 5.97 Å². The van der Waals surface area contributed by atoms with E-state index in [1.165, 1.54) is 0 Å². The van der Waals surface area contributed by atoms with Crippen LogP contribution < -0.4 is 0 Å². The van der Waals surface area contributed by atoms with Gasteiger partial charge in [-0.2, -0.15) is 0 Å². The highest BCUT2D eigenvalue weighted by atomic mass is 79.9. The molecule has 2 N–H and O–H groups in total. The van der Waals surface area contributed by atoms with Crippen molar-refractivity contribution in [1.82, 2.24) is 0 Å². The first-order chi connectivity index (χ1) is 5.06. The molecule has 1 atom stereocenters. The summed E-state index contributed by atoms with van der Waals surface area (Å²) in [6.45, 7) is 0. The molecule has 0 aromatic heterocycles. The van der Waals surface area contributed by atoms with Crippen LogP contribution in [0.3, 0.4) is 0 Å². The summed E-state index contributed by atoms with van der Waals surface area (Å²) in [6.07, 6.45) is -1.39. The largest absolute Gasteiger partial charge is 0.481 e. The fourth-order valence-corrected chi connectivity index (χ4v) is 0.787. The third-order valence-corrected chi connectivity index (χ3v) is 1.74. The summed E-state index contributed by atoms with van der Waals surface area (Å²) >= 11 is 2.96. The third kappa shape index (κ3) is 6.00. The number of alkyl halides is 1. The van der Waals surface area contributed by atoms with Gasteiger partial charge in [-0.15, -0.1) is 0 Å². The predicted octanol–water partition coefficient (Wildman–Crippen LogP) is 0.176. The second-order valence-electron chi connectivity index (χ2n) is 2.12. The number of aliphatic hydroxyl groups excluding tert-OH is 1. The Labute approximate surface area is 72.3 Å². The van der Waals surface area contributed by atoms with E-state index in [2.05, 4.69) is 15.9 Å². The van der Waals surface area contributed by atoms with E-state index >= 15 is 0 Å². The van der Waals surface area contributed by atoms with E-state index in [9.17, 15) is 9.59 Å². The van der Waals surface area contributed by atoms with Gasteiger partial charge in [0.15, 0.2) is 0 Å². The average Bonchev–Trinajstić information content (AvgIpc) is 1.85. The van der Waals surface area contributed by atoms with E-state index in [-0.39, 0.29) is 6.42 Å². The number of carbonyl (C=O) groups excluding carboxylic acids is 1. The van der Waals surface area contributed by atoms with Crippen LogP contribution in [0.25, 0.3) is 0 Å². The SMILES string of the molecule is O=C(O)CC(=O)C[C@H](O)CBr. The van der Waals surface area contributed by atoms with Gasteiger partial charge in [-0.3, -0.25) is 9.59 Å². The number of aliphatic carboxylic acids is 1. The van der Waals surface area contributed by atoms with Crippen LogP contribution in [-0.4, -0.2) is 33.4 Å². The zero-order valence-corrected chi connectivity index (χ0v) is 7.37. The van der Waals surface area contributed by atoms with E-state index in [0.29, 0.717) is 5.33 Å². The van der Waals surface area contributed by atoms with Crippen molar-refractivity contribution < 1.29 is 19.8 Å². The smallest absolute Gasteiger partial charge is 0.310 e. The van der Waals surface area contributed by atoms with Crippen molar-refractivity contribution >= 4 is 27.7 Å². The maximum Gasteiger partial charge on any atom is 0.310 e. The van der Waals surface area contributed by atoms with Gasteiger partial charge in [0, 0.05) is 11.8 Å². The summed E-state index contributed by atoms with van der Waals surface area (Å²) in [7, 11) is 0. The predicted molar refractivity (Wildman–Crippen MR) is 41.7 cm³/mol. The Kier molecular flexibility index (Phi) is 5.06. The molecule has 0 fully saturated rings. The number of rotatable bonds is 5. The number of carbonyl (C=O) groups is 2. The minimum Gasteiger partial charge on any atom is -0.481 e. The topological polar surface area (TPSA) is 74.6 Å². The number of hydrogen-bond donors (Lipinski definition) is 2. The minimum atomic E-state index is -1.16. The molecule has 0 heterocycles. The van der Waals surface area contributed by atoms with Crippen LogP contribution in [0.15, 0.2) is 0 Å². The highest BCUT2D eigenvalue weighted by Gasteiger charge is 2.12. The molecule has 0 rings (SSSR count). The highest BCUT2D eigenvalue weighted by molar-refractivity contribution is 9.09. The second kappa shape index (κ2) is 5.26. The number of Topliss-reactive ketones (excluding diaryl/α,β-unsaturated/α-hetero) is 1. The molecule has 0 radical (unpaired) electrons. The number of ketones is 1. The molecular weight excluding hydrogens is 216 g/mol. The van der Waals surface area contributed by atoms with Crippen molar-refractivity contribution in [3.63, 3.8) is 0 Å². The van der Waals surface area contributed by atoms with Crippen molar-refractivity contribution in [2.24, 2.45) is 0 Å². The monoisotopic (exact) mass is 224 g/mol. The van der Waals surface area contributed by atoms with Gasteiger partial charge in [-0.1, -0.05) is 15.9 Å². The van der Waals surface area contributed by atoms with Crippen molar-refractivity contribution in [3.8, 4) is 0 Å². The van der Waals surface area contributed by atoms with Crippen LogP contribution in [0.5, 0.6) is 0 Å². The summed E-state index contributed by atoms with van der Waals surface area (Å²) in [5.41, 5.74) is 0. The van der Waals surface area contributed by atoms with Crippen LogP contribution in [0.4, 0.5) is 0 Å². The molecule has 0 spiro atoms. The zero-order chi connectivity index (χ0) is 8.85. The molecule has 64 valence electrons. The molecule has 0 bridgehead atoms. The van der Waals surface area contributed by atoms with Crippen LogP contribution in [0.2, 0.25) is 0 Å². The lowest BCUT2D eigenvalue weighted by atomic mass is 10.1. The molecule has 0 saturated carbocycles. The fraction of sp³-hybridized carbons (Fsp3) is 0.667. The molecule has 0 amide bonds. The molecule has 0 aromatic rings. The molecule has 0 unspecified atom stereocenters. The van der Waals surface area contributed by atoms with Crippen molar-refractivity contribution in [1.29, 1.82) is 0 Å². The lowest BCUT2D eigenvalue weighted by molar-refractivity contribution is -0.140. The van der Waals surface area contributed by atoms with Crippen LogP contribution in [0, 0.1) is 0 Å². The molecule has 5 heteroatoms. The quantitative estimate of drug-likeness (QED) is 0.516. The first kappa shape index (κ1) is 10.6. The Morgan fingerprint density at radius 1 is 1.45 bits per heavy atom. The molecule has 0 aliphatic carbocycles. The summed E-state index contributed by atoms with van der Waals surface area (Å²) < 4.78 is 0. The number of carboxylic acid groups (broad SMARTS) is 1. The van der Waals surface area contributed by atoms with Gasteiger partial charge < -0.3 is 10.2 Å². The molecule has 0 aliphatic rings. The number of halogens is 1. The van der Waals surface area contributed by atoms with E-state index < -0.39 is 24.3 Å². The minimum absolute atomic E-state index is 0.0997. The van der Waals surface area contributed by atoms with E-state index in [1.807, 2.05) is 0 Å². The van der Waals surface area contributed by atoms with E-state index in [1.54, 1.807) is 0 Å². The summed E-state index contributed by atoms with van der Waals surface area (Å²) in [5, 5.41) is 17.3. The maximum atomic E-state index is 10.7. The Balaban J connectivity index is 3.60. The first-order valence-corrected chi connectivity index (χ1v) is 4.16. The normalized spacial score (nSPS) is 12.5. The summed E-state index contributed by atoms with van der Waals surface area (Å²) in [5.74, 6) is -1.61. The van der Waals surface area contributed by atoms with Crippen molar-refractivity contribution in [2.45, 2.75) is 18.9 Å². The summed E-state index contributed by atoms with van der Waals surface area (Å²) in [6, 6.07) is 0. The number of hydrogen-bond acceptors (Lipinski definition) is 3. The van der Waals surface area contributed by atoms with E-state index in [0.717, 1.165) is 0 Å². The Bertz CT molecular complexity index is 157. The molecular formula is C6H9BrO4. The van der Waals surface area contributed by atoms with Gasteiger partial charge in [-0.25, -0.2) is 0 Å². The standard InChI is InChI=1S/C6H9BrO4/c7-3-5(9)1-4(8)2-6(10)11/h5,9H,1-3H2,(H,10,11)/t5-/m0/s1. The lowest BCUT2D eigenvalue weighted by Crippen LogP contribution is -2.16. The molecule has 4 nitrogen and oxygen atoms in total. The van der Waals surface area contributed by atoms with Crippen LogP contribution in [-0.2, 0) is 9.59 Å². The van der Waals surface area contributed by atoms with Crippen LogP contribution in [0.1, 0.15) is 12.8 Å². The van der Waals surface area contributed by atoms with Gasteiger partial charge in [-0.05, 0) is 0 Å². The Morgan fingerprint density at radius 3 is 2.36 bits per heavy atom. The van der Waals surface area contributed by atoms with Crippen molar-refractivity contribution in [2.75, 3.05) is 5.33 Å². The summed E-state index contributed by atoms with van der Waals surface area (Å²) in [4.78, 5) is 20.6. The molecule has 0 aliphatic heterocycles. The Hall–Kier alpha value is -0.420. The van der Waals surface area contributed by atoms with Crippen LogP contribution >= 0.6 is 15.9 Å². The first-order valence-electron chi connectivity index (χ1n) is 3.03. The fourth-order valence-electron chi connectivity index (χ4n) is 0.558. The third-order valence-electron chi connectivity index (χ3n) is 0.990. The van der Waals surface area contributed by atoms with E-state index in [4.69, 9.17) is 10.2 Å². The number of carboxylic acids is 1. The van der Waals surface area contributed by atoms with Gasteiger partial charge in [0.25, 0.3) is 0 Å². The molecule has 0 aromatic carbocycles. The Morgan fingerprint density at radius 2 is 2.00 bits per heavy atom. The highest BCUT2D eigenvalue weighted by Crippen LogP contribution is 1.99. The zero-order valence-electron chi connectivity index (χ0n) is 5.79. The maximum absolute atomic E-state index is 10.7. The van der Waals surface area contributed by atoms with Gasteiger partial charge in [0.1, 0.15) is 12.2 Å². The second-order valence-corrected chi connectivity index (χ2v) is 2.77. The molecule has 11 heavy (non-hydrogen) atoms. The number of aliphatic hydroxyl groups is 1. The van der Waals surface area contributed by atoms with Gasteiger partial charge in [0.2, 0.25) is 0 Å². The average molecular weight is 225 g/mol. The molecule has 0 saturated heterocycles.